The van der Waals surface area contributed by atoms with Gasteiger partial charge in [0.05, 0.1) is 19.3 Å². The monoisotopic (exact) mass is 297 g/mol. The molecule has 0 saturated heterocycles. The number of hydrogen-bond acceptors (Lipinski definition) is 3. The van der Waals surface area contributed by atoms with Crippen LogP contribution in [-0.2, 0) is 11.3 Å². The summed E-state index contributed by atoms with van der Waals surface area (Å²) in [4.78, 5) is 0. The van der Waals surface area contributed by atoms with Crippen molar-refractivity contribution in [1.82, 2.24) is 5.32 Å². The van der Waals surface area contributed by atoms with Gasteiger partial charge in [0.25, 0.3) is 0 Å². The summed E-state index contributed by atoms with van der Waals surface area (Å²) in [5, 5.41) is 13.8. The van der Waals surface area contributed by atoms with Crippen LogP contribution in [0.4, 0.5) is 0 Å². The number of halogens is 1. The van der Waals surface area contributed by atoms with E-state index < -0.39 is 6.10 Å². The Labute approximate surface area is 126 Å². The van der Waals surface area contributed by atoms with Crippen molar-refractivity contribution in [3.8, 4) is 0 Å². The Morgan fingerprint density at radius 2 is 2.05 bits per heavy atom. The minimum absolute atomic E-state index is 0.359. The van der Waals surface area contributed by atoms with Crippen molar-refractivity contribution in [3.05, 3.63) is 34.9 Å². The molecule has 112 valence electrons. The van der Waals surface area contributed by atoms with E-state index in [-0.39, 0.29) is 0 Å². The van der Waals surface area contributed by atoms with Crippen molar-refractivity contribution in [1.29, 1.82) is 0 Å². The number of benzene rings is 1. The lowest BCUT2D eigenvalue weighted by Gasteiger charge is -2.12. The normalized spacial score (nSPS) is 16.3. The van der Waals surface area contributed by atoms with Crippen molar-refractivity contribution in [2.24, 2.45) is 5.92 Å². The Morgan fingerprint density at radius 3 is 2.75 bits per heavy atom. The molecule has 1 unspecified atom stereocenters. The molecule has 0 bridgehead atoms. The van der Waals surface area contributed by atoms with Crippen LogP contribution in [0.15, 0.2) is 24.3 Å². The number of ether oxygens (including phenoxy) is 1. The van der Waals surface area contributed by atoms with Gasteiger partial charge in [-0.05, 0) is 43.0 Å². The maximum atomic E-state index is 9.78. The van der Waals surface area contributed by atoms with Gasteiger partial charge in [-0.2, -0.15) is 0 Å². The molecule has 0 radical (unpaired) electrons. The zero-order valence-corrected chi connectivity index (χ0v) is 12.6. The number of aliphatic hydroxyl groups excluding tert-OH is 1. The molecule has 1 aromatic carbocycles. The average Bonchev–Trinajstić information content (AvgIpc) is 3.25. The highest BCUT2D eigenvalue weighted by Gasteiger charge is 2.19. The zero-order chi connectivity index (χ0) is 14.2. The third-order valence-corrected chi connectivity index (χ3v) is 3.79. The van der Waals surface area contributed by atoms with Crippen LogP contribution in [0.2, 0.25) is 5.02 Å². The van der Waals surface area contributed by atoms with Crippen molar-refractivity contribution in [2.75, 3.05) is 19.7 Å². The molecule has 1 saturated carbocycles. The molecule has 1 fully saturated rings. The van der Waals surface area contributed by atoms with Gasteiger partial charge in [-0.25, -0.2) is 0 Å². The molecule has 20 heavy (non-hydrogen) atoms. The van der Waals surface area contributed by atoms with Gasteiger partial charge in [-0.15, -0.1) is 0 Å². The summed E-state index contributed by atoms with van der Waals surface area (Å²) in [5.74, 6) is 0.990. The summed E-state index contributed by atoms with van der Waals surface area (Å²) in [6, 6.07) is 7.56. The van der Waals surface area contributed by atoms with Crippen LogP contribution in [0.3, 0.4) is 0 Å². The molecular weight excluding hydrogens is 274 g/mol. The first-order valence-electron chi connectivity index (χ1n) is 7.45. The average molecular weight is 298 g/mol. The van der Waals surface area contributed by atoms with Crippen LogP contribution in [0.1, 0.15) is 31.2 Å². The molecule has 0 heterocycles. The molecular formula is C16H24ClNO2. The van der Waals surface area contributed by atoms with Gasteiger partial charge >= 0.3 is 0 Å². The molecule has 1 aliphatic carbocycles. The van der Waals surface area contributed by atoms with Crippen molar-refractivity contribution < 1.29 is 9.84 Å². The quantitative estimate of drug-likeness (QED) is 0.652. The summed E-state index contributed by atoms with van der Waals surface area (Å²) in [5.41, 5.74) is 1.07. The molecule has 0 amide bonds. The van der Waals surface area contributed by atoms with Gasteiger partial charge in [0.1, 0.15) is 0 Å². The summed E-state index contributed by atoms with van der Waals surface area (Å²) >= 11 is 5.81. The second-order valence-electron chi connectivity index (χ2n) is 5.59. The highest BCUT2D eigenvalue weighted by molar-refractivity contribution is 6.30. The van der Waals surface area contributed by atoms with Crippen LogP contribution in [-0.4, -0.2) is 30.9 Å². The van der Waals surface area contributed by atoms with E-state index in [0.717, 1.165) is 23.0 Å². The molecule has 4 heteroatoms. The lowest BCUT2D eigenvalue weighted by molar-refractivity contribution is 0.0289. The van der Waals surface area contributed by atoms with E-state index in [1.807, 2.05) is 24.3 Å². The molecule has 1 atom stereocenters. The maximum absolute atomic E-state index is 9.78. The fraction of sp³-hybridized carbons (Fsp3) is 0.625. The van der Waals surface area contributed by atoms with Gasteiger partial charge < -0.3 is 15.2 Å². The SMILES string of the molecule is OC(CNCCCC1CC1)COCc1ccc(Cl)cc1. The standard InChI is InChI=1S/C16H24ClNO2/c17-15-7-5-14(6-8-15)11-20-12-16(19)10-18-9-1-2-13-3-4-13/h5-8,13,16,18-19H,1-4,9-12H2. The van der Waals surface area contributed by atoms with Crippen molar-refractivity contribution in [3.63, 3.8) is 0 Å². The molecule has 2 N–H and O–H groups in total. The third-order valence-electron chi connectivity index (χ3n) is 3.54. The molecule has 2 rings (SSSR count). The Kier molecular flexibility index (Phi) is 6.80. The van der Waals surface area contributed by atoms with Crippen LogP contribution in [0.5, 0.6) is 0 Å². The van der Waals surface area contributed by atoms with Crippen LogP contribution in [0.25, 0.3) is 0 Å². The Bertz CT molecular complexity index is 379. The van der Waals surface area contributed by atoms with E-state index in [1.165, 1.54) is 25.7 Å². The Hall–Kier alpha value is -0.610. The van der Waals surface area contributed by atoms with Crippen molar-refractivity contribution >= 4 is 11.6 Å². The maximum Gasteiger partial charge on any atom is 0.0897 e. The van der Waals surface area contributed by atoms with Gasteiger partial charge in [-0.3, -0.25) is 0 Å². The topological polar surface area (TPSA) is 41.5 Å². The van der Waals surface area contributed by atoms with Gasteiger partial charge in [0.2, 0.25) is 0 Å². The van der Waals surface area contributed by atoms with Crippen molar-refractivity contribution in [2.45, 2.75) is 38.4 Å². The van der Waals surface area contributed by atoms with E-state index in [2.05, 4.69) is 5.32 Å². The number of aliphatic hydroxyl groups is 1. The van der Waals surface area contributed by atoms with Crippen LogP contribution >= 0.6 is 11.6 Å². The molecule has 0 aromatic heterocycles. The minimum Gasteiger partial charge on any atom is -0.389 e. The summed E-state index contributed by atoms with van der Waals surface area (Å²) in [6.45, 7) is 2.46. The summed E-state index contributed by atoms with van der Waals surface area (Å²) < 4.78 is 5.49. The fourth-order valence-electron chi connectivity index (χ4n) is 2.14. The Balaban J connectivity index is 1.46. The summed E-state index contributed by atoms with van der Waals surface area (Å²) in [7, 11) is 0. The zero-order valence-electron chi connectivity index (χ0n) is 11.9. The molecule has 1 aromatic rings. The first kappa shape index (κ1) is 15.8. The predicted molar refractivity (Wildman–Crippen MR) is 81.9 cm³/mol. The fourth-order valence-corrected chi connectivity index (χ4v) is 2.27. The third kappa shape index (κ3) is 6.71. The second-order valence-corrected chi connectivity index (χ2v) is 6.02. The van der Waals surface area contributed by atoms with Gasteiger partial charge in [0.15, 0.2) is 0 Å². The van der Waals surface area contributed by atoms with Gasteiger partial charge in [-0.1, -0.05) is 36.6 Å². The largest absolute Gasteiger partial charge is 0.389 e. The van der Waals surface area contributed by atoms with E-state index in [9.17, 15) is 5.11 Å². The highest BCUT2D eigenvalue weighted by atomic mass is 35.5. The second kappa shape index (κ2) is 8.63. The van der Waals surface area contributed by atoms with E-state index in [4.69, 9.17) is 16.3 Å². The number of nitrogens with one attached hydrogen (secondary N) is 1. The molecule has 0 aliphatic heterocycles. The molecule has 3 nitrogen and oxygen atoms in total. The predicted octanol–water partition coefficient (Wildman–Crippen LogP) is 3.00. The lowest BCUT2D eigenvalue weighted by Crippen LogP contribution is -2.31. The minimum atomic E-state index is -0.441. The van der Waals surface area contributed by atoms with E-state index in [0.29, 0.717) is 19.8 Å². The van der Waals surface area contributed by atoms with E-state index >= 15 is 0 Å². The van der Waals surface area contributed by atoms with Crippen LogP contribution in [0, 0.1) is 5.92 Å². The van der Waals surface area contributed by atoms with Crippen LogP contribution < -0.4 is 5.32 Å². The molecule has 1 aliphatic rings. The lowest BCUT2D eigenvalue weighted by atomic mass is 10.2. The highest BCUT2D eigenvalue weighted by Crippen LogP contribution is 2.33. The summed E-state index contributed by atoms with van der Waals surface area (Å²) in [6.07, 6.45) is 4.94. The van der Waals surface area contributed by atoms with E-state index in [1.54, 1.807) is 0 Å². The number of rotatable bonds is 10. The number of hydrogen-bond donors (Lipinski definition) is 2. The first-order chi connectivity index (χ1) is 9.74. The molecule has 0 spiro atoms. The van der Waals surface area contributed by atoms with Gasteiger partial charge in [0, 0.05) is 11.6 Å². The Morgan fingerprint density at radius 1 is 1.30 bits per heavy atom. The first-order valence-corrected chi connectivity index (χ1v) is 7.83. The smallest absolute Gasteiger partial charge is 0.0897 e.